The molecule has 9 heteroatoms. The van der Waals surface area contributed by atoms with Crippen molar-refractivity contribution in [3.63, 3.8) is 0 Å². The smallest absolute Gasteiger partial charge is 0.294 e. The summed E-state index contributed by atoms with van der Waals surface area (Å²) >= 11 is 7.25. The number of carbonyl (C=O) groups excluding carboxylic acids is 1. The number of halogens is 1. The summed E-state index contributed by atoms with van der Waals surface area (Å²) in [6, 6.07) is 9.39. The minimum atomic E-state index is -0.608. The van der Waals surface area contributed by atoms with E-state index in [-0.39, 0.29) is 22.1 Å². The van der Waals surface area contributed by atoms with Gasteiger partial charge in [0, 0.05) is 11.1 Å². The molecule has 2 heterocycles. The number of benzene rings is 1. The van der Waals surface area contributed by atoms with E-state index < -0.39 is 10.8 Å². The lowest BCUT2D eigenvalue weighted by atomic mass is 10.2. The number of amides is 1. The van der Waals surface area contributed by atoms with Gasteiger partial charge in [0.15, 0.2) is 5.69 Å². The Morgan fingerprint density at radius 2 is 2.17 bits per heavy atom. The number of nitrogens with zero attached hydrogens (tertiary/aromatic N) is 2. The summed E-state index contributed by atoms with van der Waals surface area (Å²) in [6.45, 7) is 0. The molecular formula is C14H9ClN4O3S. The molecule has 0 fully saturated rings. The molecule has 0 aliphatic rings. The first kappa shape index (κ1) is 15.2. The molecule has 3 rings (SSSR count). The minimum absolute atomic E-state index is 0.0603. The van der Waals surface area contributed by atoms with Gasteiger partial charge in [0.1, 0.15) is 5.69 Å². The van der Waals surface area contributed by atoms with Crippen LogP contribution in [0.2, 0.25) is 5.02 Å². The van der Waals surface area contributed by atoms with Crippen molar-refractivity contribution in [2.75, 3.05) is 5.32 Å². The van der Waals surface area contributed by atoms with Crippen LogP contribution in [0.15, 0.2) is 41.8 Å². The Hall–Kier alpha value is -2.71. The Morgan fingerprint density at radius 3 is 2.87 bits per heavy atom. The van der Waals surface area contributed by atoms with Crippen LogP contribution < -0.4 is 5.32 Å². The molecule has 0 radical (unpaired) electrons. The molecule has 2 N–H and O–H groups in total. The van der Waals surface area contributed by atoms with E-state index in [1.807, 2.05) is 17.5 Å². The fourth-order valence-corrected chi connectivity index (χ4v) is 2.80. The normalized spacial score (nSPS) is 10.5. The van der Waals surface area contributed by atoms with Crippen LogP contribution in [-0.4, -0.2) is 21.0 Å². The number of rotatable bonds is 4. The molecule has 0 bridgehead atoms. The van der Waals surface area contributed by atoms with Crippen LogP contribution in [0.5, 0.6) is 0 Å². The summed E-state index contributed by atoms with van der Waals surface area (Å²) in [6.07, 6.45) is 0. The number of hydrogen-bond donors (Lipinski definition) is 2. The molecule has 1 amide bonds. The fraction of sp³-hybridized carbons (Fsp3) is 0. The Morgan fingerprint density at radius 1 is 1.35 bits per heavy atom. The first-order chi connectivity index (χ1) is 11.0. The van der Waals surface area contributed by atoms with E-state index in [4.69, 9.17) is 11.6 Å². The SMILES string of the molecule is O=C(Nc1ccc(Cl)cc1[N+](=O)[O-])c1cc(-c2cccs2)[nH]n1. The van der Waals surface area contributed by atoms with Crippen molar-refractivity contribution in [2.45, 2.75) is 0 Å². The number of H-pyrrole nitrogens is 1. The van der Waals surface area contributed by atoms with Gasteiger partial charge >= 0.3 is 0 Å². The number of thiophene rings is 1. The number of anilines is 1. The number of nitro groups is 1. The lowest BCUT2D eigenvalue weighted by Crippen LogP contribution is -2.13. The molecule has 7 nitrogen and oxygen atoms in total. The Labute approximate surface area is 139 Å². The minimum Gasteiger partial charge on any atom is -0.315 e. The largest absolute Gasteiger partial charge is 0.315 e. The van der Waals surface area contributed by atoms with E-state index in [1.165, 1.54) is 29.5 Å². The lowest BCUT2D eigenvalue weighted by Gasteiger charge is -2.04. The first-order valence-electron chi connectivity index (χ1n) is 6.39. The van der Waals surface area contributed by atoms with Gasteiger partial charge in [0.25, 0.3) is 11.6 Å². The van der Waals surface area contributed by atoms with E-state index in [1.54, 1.807) is 6.07 Å². The molecule has 1 aromatic carbocycles. The van der Waals surface area contributed by atoms with Crippen molar-refractivity contribution in [2.24, 2.45) is 0 Å². The standard InChI is InChI=1S/C14H9ClN4O3S/c15-8-3-4-9(12(6-8)19(21)22)16-14(20)11-7-10(17-18-11)13-2-1-5-23-13/h1-7H,(H,16,20)(H,17,18). The molecule has 0 saturated carbocycles. The molecule has 23 heavy (non-hydrogen) atoms. The topological polar surface area (TPSA) is 101 Å². The fourth-order valence-electron chi connectivity index (χ4n) is 1.94. The monoisotopic (exact) mass is 348 g/mol. The van der Waals surface area contributed by atoms with Gasteiger partial charge in [-0.25, -0.2) is 0 Å². The molecule has 116 valence electrons. The van der Waals surface area contributed by atoms with Crippen molar-refractivity contribution in [3.8, 4) is 10.6 Å². The molecule has 0 aliphatic heterocycles. The van der Waals surface area contributed by atoms with Gasteiger partial charge in [-0.05, 0) is 29.6 Å². The van der Waals surface area contributed by atoms with Gasteiger partial charge in [-0.2, -0.15) is 5.10 Å². The molecular weight excluding hydrogens is 340 g/mol. The number of carbonyl (C=O) groups is 1. The molecule has 0 aliphatic carbocycles. The van der Waals surface area contributed by atoms with Crippen LogP contribution in [-0.2, 0) is 0 Å². The zero-order valence-corrected chi connectivity index (χ0v) is 13.0. The van der Waals surface area contributed by atoms with E-state index in [0.717, 1.165) is 4.88 Å². The average molecular weight is 349 g/mol. The highest BCUT2D eigenvalue weighted by atomic mass is 35.5. The number of nitro benzene ring substituents is 1. The van der Waals surface area contributed by atoms with Crippen molar-refractivity contribution in [1.82, 2.24) is 10.2 Å². The highest BCUT2D eigenvalue weighted by Crippen LogP contribution is 2.28. The second-order valence-corrected chi connectivity index (χ2v) is 5.90. The van der Waals surface area contributed by atoms with Gasteiger partial charge in [-0.15, -0.1) is 11.3 Å². The summed E-state index contributed by atoms with van der Waals surface area (Å²) in [7, 11) is 0. The zero-order valence-electron chi connectivity index (χ0n) is 11.4. The number of aromatic amines is 1. The van der Waals surface area contributed by atoms with Gasteiger partial charge in [-0.1, -0.05) is 17.7 Å². The molecule has 2 aromatic heterocycles. The van der Waals surface area contributed by atoms with Crippen LogP contribution >= 0.6 is 22.9 Å². The maximum absolute atomic E-state index is 12.2. The zero-order chi connectivity index (χ0) is 16.4. The summed E-state index contributed by atoms with van der Waals surface area (Å²) in [4.78, 5) is 23.6. The van der Waals surface area contributed by atoms with Crippen LogP contribution in [0.3, 0.4) is 0 Å². The van der Waals surface area contributed by atoms with Crippen LogP contribution in [0, 0.1) is 10.1 Å². The van der Waals surface area contributed by atoms with Gasteiger partial charge < -0.3 is 5.32 Å². The van der Waals surface area contributed by atoms with E-state index in [0.29, 0.717) is 5.69 Å². The maximum Gasteiger partial charge on any atom is 0.294 e. The lowest BCUT2D eigenvalue weighted by molar-refractivity contribution is -0.383. The second kappa shape index (κ2) is 6.19. The van der Waals surface area contributed by atoms with Gasteiger partial charge in [0.05, 0.1) is 15.5 Å². The third-order valence-corrected chi connectivity index (χ3v) is 4.14. The highest BCUT2D eigenvalue weighted by Gasteiger charge is 2.19. The van der Waals surface area contributed by atoms with Crippen LogP contribution in [0.1, 0.15) is 10.5 Å². The van der Waals surface area contributed by atoms with Crippen LogP contribution in [0.4, 0.5) is 11.4 Å². The molecule has 0 atom stereocenters. The van der Waals surface area contributed by atoms with E-state index in [9.17, 15) is 14.9 Å². The maximum atomic E-state index is 12.2. The summed E-state index contributed by atoms with van der Waals surface area (Å²) < 4.78 is 0. The summed E-state index contributed by atoms with van der Waals surface area (Å²) in [5, 5.41) is 22.3. The number of nitrogens with one attached hydrogen (secondary N) is 2. The second-order valence-electron chi connectivity index (χ2n) is 4.52. The van der Waals surface area contributed by atoms with Crippen molar-refractivity contribution >= 4 is 40.2 Å². The van der Waals surface area contributed by atoms with Gasteiger partial charge in [0.2, 0.25) is 0 Å². The van der Waals surface area contributed by atoms with Crippen molar-refractivity contribution < 1.29 is 9.72 Å². The molecule has 0 spiro atoms. The summed E-state index contributed by atoms with van der Waals surface area (Å²) in [5.74, 6) is -0.547. The average Bonchev–Trinajstić information content (AvgIpc) is 3.19. The third kappa shape index (κ3) is 3.22. The summed E-state index contributed by atoms with van der Waals surface area (Å²) in [5.41, 5.74) is 0.623. The Bertz CT molecular complexity index is 876. The van der Waals surface area contributed by atoms with E-state index in [2.05, 4.69) is 15.5 Å². The predicted molar refractivity (Wildman–Crippen MR) is 88.0 cm³/mol. The first-order valence-corrected chi connectivity index (χ1v) is 7.65. The molecule has 3 aromatic rings. The van der Waals surface area contributed by atoms with Crippen LogP contribution in [0.25, 0.3) is 10.6 Å². The number of hydrogen-bond acceptors (Lipinski definition) is 5. The van der Waals surface area contributed by atoms with Crippen molar-refractivity contribution in [3.05, 3.63) is 62.6 Å². The molecule has 0 saturated heterocycles. The number of aromatic nitrogens is 2. The van der Waals surface area contributed by atoms with Gasteiger partial charge in [-0.3, -0.25) is 20.0 Å². The van der Waals surface area contributed by atoms with Crippen molar-refractivity contribution in [1.29, 1.82) is 0 Å². The Balaban J connectivity index is 1.84. The third-order valence-electron chi connectivity index (χ3n) is 3.00. The Kier molecular flexibility index (Phi) is 4.09. The predicted octanol–water partition coefficient (Wildman–Crippen LogP) is 3.95. The quantitative estimate of drug-likeness (QED) is 0.550. The van der Waals surface area contributed by atoms with E-state index >= 15 is 0 Å². The molecule has 0 unspecified atom stereocenters. The highest BCUT2D eigenvalue weighted by molar-refractivity contribution is 7.13.